The molecule has 0 aliphatic carbocycles. The van der Waals surface area contributed by atoms with Crippen molar-refractivity contribution in [1.29, 1.82) is 0 Å². The van der Waals surface area contributed by atoms with E-state index in [0.717, 1.165) is 18.7 Å². The van der Waals surface area contributed by atoms with Gasteiger partial charge in [-0.1, -0.05) is 49.4 Å². The van der Waals surface area contributed by atoms with Crippen molar-refractivity contribution < 1.29 is 9.18 Å². The maximum absolute atomic E-state index is 12.8. The highest BCUT2D eigenvalue weighted by molar-refractivity contribution is 5.82. The van der Waals surface area contributed by atoms with Crippen molar-refractivity contribution in [1.82, 2.24) is 4.90 Å². The Morgan fingerprint density at radius 3 is 2.29 bits per heavy atom. The van der Waals surface area contributed by atoms with Crippen molar-refractivity contribution in [2.75, 3.05) is 13.1 Å². The third kappa shape index (κ3) is 5.12. The van der Waals surface area contributed by atoms with Gasteiger partial charge in [-0.15, -0.1) is 0 Å². The van der Waals surface area contributed by atoms with Crippen LogP contribution in [0.25, 0.3) is 0 Å². The van der Waals surface area contributed by atoms with Crippen LogP contribution in [0.1, 0.15) is 18.1 Å². The standard InChI is InChI=1S/C18H20FNO/c1-2-20(13-16-6-4-3-5-7-16)14-18(21)12-15-8-10-17(19)11-9-15/h3-11H,2,12-14H2,1H3. The summed E-state index contributed by atoms with van der Waals surface area (Å²) in [6.07, 6.45) is 0.353. The molecule has 0 aliphatic heterocycles. The van der Waals surface area contributed by atoms with Gasteiger partial charge in [0.15, 0.2) is 5.78 Å². The van der Waals surface area contributed by atoms with Crippen molar-refractivity contribution in [3.63, 3.8) is 0 Å². The minimum atomic E-state index is -0.273. The van der Waals surface area contributed by atoms with Crippen LogP contribution in [0.4, 0.5) is 4.39 Å². The number of ketones is 1. The Balaban J connectivity index is 1.89. The number of hydrogen-bond acceptors (Lipinski definition) is 2. The molecule has 2 rings (SSSR count). The predicted molar refractivity (Wildman–Crippen MR) is 82.5 cm³/mol. The average molecular weight is 285 g/mol. The molecular weight excluding hydrogens is 265 g/mol. The van der Waals surface area contributed by atoms with Crippen LogP contribution in [0, 0.1) is 5.82 Å². The third-order valence-corrected chi connectivity index (χ3v) is 3.41. The normalized spacial score (nSPS) is 10.8. The van der Waals surface area contributed by atoms with Gasteiger partial charge in [0.2, 0.25) is 0 Å². The Morgan fingerprint density at radius 1 is 1.00 bits per heavy atom. The molecule has 110 valence electrons. The highest BCUT2D eigenvalue weighted by Crippen LogP contribution is 2.07. The molecule has 2 aromatic carbocycles. The lowest BCUT2D eigenvalue weighted by atomic mass is 10.1. The van der Waals surface area contributed by atoms with E-state index in [1.54, 1.807) is 12.1 Å². The van der Waals surface area contributed by atoms with E-state index in [1.807, 2.05) is 25.1 Å². The molecule has 0 N–H and O–H groups in total. The quantitative estimate of drug-likeness (QED) is 0.776. The Kier molecular flexibility index (Phi) is 5.64. The van der Waals surface area contributed by atoms with Crippen molar-refractivity contribution in [2.24, 2.45) is 0 Å². The molecule has 0 aliphatic rings. The molecule has 0 fully saturated rings. The zero-order valence-corrected chi connectivity index (χ0v) is 12.3. The van der Waals surface area contributed by atoms with Crippen LogP contribution in [-0.2, 0) is 17.8 Å². The number of carbonyl (C=O) groups is 1. The van der Waals surface area contributed by atoms with Crippen LogP contribution in [0.2, 0.25) is 0 Å². The molecular formula is C18H20FNO. The first-order valence-electron chi connectivity index (χ1n) is 7.20. The van der Waals surface area contributed by atoms with E-state index in [0.29, 0.717) is 13.0 Å². The zero-order chi connectivity index (χ0) is 15.1. The topological polar surface area (TPSA) is 20.3 Å². The minimum absolute atomic E-state index is 0.152. The lowest BCUT2D eigenvalue weighted by Gasteiger charge is -2.19. The second-order valence-corrected chi connectivity index (χ2v) is 5.13. The third-order valence-electron chi connectivity index (χ3n) is 3.41. The van der Waals surface area contributed by atoms with E-state index < -0.39 is 0 Å². The fourth-order valence-electron chi connectivity index (χ4n) is 2.26. The SMILES string of the molecule is CCN(CC(=O)Cc1ccc(F)cc1)Cc1ccccc1. The lowest BCUT2D eigenvalue weighted by molar-refractivity contribution is -0.119. The molecule has 0 heterocycles. The van der Waals surface area contributed by atoms with E-state index in [2.05, 4.69) is 17.0 Å². The van der Waals surface area contributed by atoms with Crippen LogP contribution in [0.15, 0.2) is 54.6 Å². The minimum Gasteiger partial charge on any atom is -0.298 e. The zero-order valence-electron chi connectivity index (χ0n) is 12.3. The smallest absolute Gasteiger partial charge is 0.151 e. The molecule has 0 saturated heterocycles. The first-order chi connectivity index (χ1) is 10.2. The Bertz CT molecular complexity index is 566. The number of likely N-dealkylation sites (N-methyl/N-ethyl adjacent to an activating group) is 1. The number of carbonyl (C=O) groups excluding carboxylic acids is 1. The van der Waals surface area contributed by atoms with Gasteiger partial charge >= 0.3 is 0 Å². The first kappa shape index (κ1) is 15.4. The van der Waals surface area contributed by atoms with Gasteiger partial charge in [-0.2, -0.15) is 0 Å². The molecule has 0 atom stereocenters. The number of Topliss-reactive ketones (excluding diaryl/α,β-unsaturated/α-hetero) is 1. The molecule has 0 amide bonds. The second kappa shape index (κ2) is 7.70. The van der Waals surface area contributed by atoms with E-state index in [-0.39, 0.29) is 11.6 Å². The number of benzene rings is 2. The highest BCUT2D eigenvalue weighted by atomic mass is 19.1. The summed E-state index contributed by atoms with van der Waals surface area (Å²) in [5, 5.41) is 0. The Hall–Kier alpha value is -2.00. The molecule has 2 aromatic rings. The molecule has 21 heavy (non-hydrogen) atoms. The maximum Gasteiger partial charge on any atom is 0.151 e. The molecule has 2 nitrogen and oxygen atoms in total. The van der Waals surface area contributed by atoms with Gasteiger partial charge < -0.3 is 0 Å². The first-order valence-corrected chi connectivity index (χ1v) is 7.20. The van der Waals surface area contributed by atoms with Gasteiger partial charge in [0, 0.05) is 13.0 Å². The summed E-state index contributed by atoms with van der Waals surface area (Å²) >= 11 is 0. The Morgan fingerprint density at radius 2 is 1.67 bits per heavy atom. The summed E-state index contributed by atoms with van der Waals surface area (Å²) in [6.45, 7) is 4.06. The molecule has 0 saturated carbocycles. The average Bonchev–Trinajstić information content (AvgIpc) is 2.50. The summed E-state index contributed by atoms with van der Waals surface area (Å²) in [5.41, 5.74) is 2.06. The maximum atomic E-state index is 12.8. The van der Waals surface area contributed by atoms with Crippen molar-refractivity contribution in [3.05, 3.63) is 71.5 Å². The Labute approximate surface area is 125 Å². The summed E-state index contributed by atoms with van der Waals surface area (Å²) in [6, 6.07) is 16.2. The van der Waals surface area contributed by atoms with E-state index in [4.69, 9.17) is 0 Å². The molecule has 0 unspecified atom stereocenters. The summed E-state index contributed by atoms with van der Waals surface area (Å²) in [4.78, 5) is 14.2. The van der Waals surface area contributed by atoms with E-state index >= 15 is 0 Å². The van der Waals surface area contributed by atoms with Crippen LogP contribution >= 0.6 is 0 Å². The number of rotatable bonds is 7. The molecule has 0 spiro atoms. The summed E-state index contributed by atoms with van der Waals surface area (Å²) < 4.78 is 12.8. The van der Waals surface area contributed by atoms with Crippen LogP contribution in [0.3, 0.4) is 0 Å². The predicted octanol–water partition coefficient (Wildman–Crippen LogP) is 3.46. The second-order valence-electron chi connectivity index (χ2n) is 5.13. The molecule has 3 heteroatoms. The summed E-state index contributed by atoms with van der Waals surface area (Å²) in [5.74, 6) is -0.121. The van der Waals surface area contributed by atoms with Gasteiger partial charge in [-0.3, -0.25) is 9.69 Å². The monoisotopic (exact) mass is 285 g/mol. The largest absolute Gasteiger partial charge is 0.298 e. The van der Waals surface area contributed by atoms with E-state index in [1.165, 1.54) is 17.7 Å². The van der Waals surface area contributed by atoms with E-state index in [9.17, 15) is 9.18 Å². The summed E-state index contributed by atoms with van der Waals surface area (Å²) in [7, 11) is 0. The molecule has 0 bridgehead atoms. The molecule has 0 aromatic heterocycles. The van der Waals surface area contributed by atoms with Gasteiger partial charge in [-0.05, 0) is 29.8 Å². The van der Waals surface area contributed by atoms with Gasteiger partial charge in [-0.25, -0.2) is 4.39 Å². The highest BCUT2D eigenvalue weighted by Gasteiger charge is 2.10. The van der Waals surface area contributed by atoms with Crippen LogP contribution in [-0.4, -0.2) is 23.8 Å². The number of halogens is 1. The van der Waals surface area contributed by atoms with Crippen molar-refractivity contribution in [3.8, 4) is 0 Å². The lowest BCUT2D eigenvalue weighted by Crippen LogP contribution is -2.30. The van der Waals surface area contributed by atoms with Crippen molar-refractivity contribution >= 4 is 5.78 Å². The fraction of sp³-hybridized carbons (Fsp3) is 0.278. The van der Waals surface area contributed by atoms with Crippen molar-refractivity contribution in [2.45, 2.75) is 19.9 Å². The van der Waals surface area contributed by atoms with Gasteiger partial charge in [0.05, 0.1) is 6.54 Å². The number of hydrogen-bond donors (Lipinski definition) is 0. The van der Waals surface area contributed by atoms with Crippen LogP contribution in [0.5, 0.6) is 0 Å². The van der Waals surface area contributed by atoms with Gasteiger partial charge in [0.25, 0.3) is 0 Å². The number of nitrogens with zero attached hydrogens (tertiary/aromatic N) is 1. The van der Waals surface area contributed by atoms with Crippen LogP contribution < -0.4 is 0 Å². The fourth-order valence-corrected chi connectivity index (χ4v) is 2.26. The molecule has 0 radical (unpaired) electrons. The van der Waals surface area contributed by atoms with Gasteiger partial charge in [0.1, 0.15) is 5.82 Å².